The lowest BCUT2D eigenvalue weighted by Crippen LogP contribution is -2.36. The summed E-state index contributed by atoms with van der Waals surface area (Å²) in [7, 11) is 4.59. The number of amides is 1. The van der Waals surface area contributed by atoms with Crippen molar-refractivity contribution in [1.29, 1.82) is 0 Å². The molecule has 144 valence electrons. The number of aromatic nitrogens is 2. The average molecular weight is 379 g/mol. The van der Waals surface area contributed by atoms with E-state index in [9.17, 15) is 4.79 Å². The fourth-order valence-electron chi connectivity index (χ4n) is 3.58. The van der Waals surface area contributed by atoms with Gasteiger partial charge in [-0.05, 0) is 35.9 Å². The van der Waals surface area contributed by atoms with Crippen molar-refractivity contribution in [1.82, 2.24) is 14.9 Å². The zero-order valence-electron chi connectivity index (χ0n) is 16.1. The minimum absolute atomic E-state index is 0.116. The van der Waals surface area contributed by atoms with Gasteiger partial charge in [0.1, 0.15) is 0 Å². The first-order chi connectivity index (χ1) is 13.7. The van der Waals surface area contributed by atoms with Gasteiger partial charge in [-0.25, -0.2) is 9.97 Å². The van der Waals surface area contributed by atoms with Gasteiger partial charge in [0.25, 0.3) is 5.91 Å². The molecule has 0 N–H and O–H groups in total. The van der Waals surface area contributed by atoms with Gasteiger partial charge < -0.3 is 19.1 Å². The SMILES string of the molecule is COc1ccc(C(=O)N2CCc3nc4ncccc4cc3C2)c(OC)c1OC. The Kier molecular flexibility index (Phi) is 4.73. The third kappa shape index (κ3) is 2.98. The zero-order chi connectivity index (χ0) is 19.7. The van der Waals surface area contributed by atoms with E-state index in [2.05, 4.69) is 16.0 Å². The molecule has 0 bridgehead atoms. The first-order valence-corrected chi connectivity index (χ1v) is 8.98. The van der Waals surface area contributed by atoms with E-state index in [1.165, 1.54) is 14.2 Å². The second-order valence-electron chi connectivity index (χ2n) is 6.50. The topological polar surface area (TPSA) is 73.8 Å². The number of ether oxygens (including phenoxy) is 3. The van der Waals surface area contributed by atoms with Crippen LogP contribution in [0.3, 0.4) is 0 Å². The van der Waals surface area contributed by atoms with Gasteiger partial charge in [0.2, 0.25) is 5.75 Å². The number of carbonyl (C=O) groups is 1. The molecule has 0 saturated carbocycles. The molecular weight excluding hydrogens is 358 g/mol. The number of benzene rings is 1. The summed E-state index contributed by atoms with van der Waals surface area (Å²) < 4.78 is 16.2. The summed E-state index contributed by atoms with van der Waals surface area (Å²) >= 11 is 0. The van der Waals surface area contributed by atoms with E-state index in [-0.39, 0.29) is 5.91 Å². The highest BCUT2D eigenvalue weighted by Crippen LogP contribution is 2.40. The standard InChI is InChI=1S/C21H21N3O4/c1-26-17-7-6-15(18(27-2)19(17)28-3)21(25)24-10-8-16-14(12-24)11-13-5-4-9-22-20(13)23-16/h4-7,9,11H,8,10,12H2,1-3H3. The molecule has 1 aliphatic heterocycles. The van der Waals surface area contributed by atoms with Crippen LogP contribution in [0, 0.1) is 0 Å². The van der Waals surface area contributed by atoms with Crippen LogP contribution in [-0.4, -0.2) is 48.6 Å². The molecule has 3 aromatic rings. The predicted octanol–water partition coefficient (Wildman–Crippen LogP) is 2.85. The first-order valence-electron chi connectivity index (χ1n) is 8.98. The number of hydrogen-bond donors (Lipinski definition) is 0. The zero-order valence-corrected chi connectivity index (χ0v) is 16.1. The maximum Gasteiger partial charge on any atom is 0.258 e. The number of hydrogen-bond acceptors (Lipinski definition) is 6. The maximum atomic E-state index is 13.2. The molecular formula is C21H21N3O4. The molecule has 4 rings (SSSR count). The highest BCUT2D eigenvalue weighted by molar-refractivity contribution is 5.98. The summed E-state index contributed by atoms with van der Waals surface area (Å²) in [6.45, 7) is 1.07. The van der Waals surface area contributed by atoms with Crippen LogP contribution in [0.1, 0.15) is 21.6 Å². The summed E-state index contributed by atoms with van der Waals surface area (Å²) in [5, 5.41) is 0.972. The summed E-state index contributed by atoms with van der Waals surface area (Å²) in [6.07, 6.45) is 2.42. The van der Waals surface area contributed by atoms with E-state index in [1.807, 2.05) is 12.1 Å². The number of carbonyl (C=O) groups excluding carboxylic acids is 1. The van der Waals surface area contributed by atoms with Gasteiger partial charge in [0.05, 0.1) is 26.9 Å². The Morgan fingerprint density at radius 3 is 2.64 bits per heavy atom. The highest BCUT2D eigenvalue weighted by Gasteiger charge is 2.27. The predicted molar refractivity (Wildman–Crippen MR) is 104 cm³/mol. The molecule has 1 aliphatic rings. The van der Waals surface area contributed by atoms with Crippen LogP contribution in [0.2, 0.25) is 0 Å². The Morgan fingerprint density at radius 1 is 1.07 bits per heavy atom. The van der Waals surface area contributed by atoms with Crippen molar-refractivity contribution >= 4 is 16.9 Å². The Labute approximate surface area is 162 Å². The molecule has 0 atom stereocenters. The molecule has 28 heavy (non-hydrogen) atoms. The van der Waals surface area contributed by atoms with Crippen molar-refractivity contribution in [3.8, 4) is 17.2 Å². The molecule has 0 unspecified atom stereocenters. The molecule has 0 saturated heterocycles. The number of nitrogens with zero attached hydrogens (tertiary/aromatic N) is 3. The highest BCUT2D eigenvalue weighted by atomic mass is 16.5. The van der Waals surface area contributed by atoms with E-state index < -0.39 is 0 Å². The van der Waals surface area contributed by atoms with E-state index in [4.69, 9.17) is 14.2 Å². The number of methoxy groups -OCH3 is 3. The van der Waals surface area contributed by atoms with Crippen LogP contribution in [-0.2, 0) is 13.0 Å². The van der Waals surface area contributed by atoms with Gasteiger partial charge in [-0.3, -0.25) is 4.79 Å². The van der Waals surface area contributed by atoms with E-state index >= 15 is 0 Å². The Balaban J connectivity index is 1.68. The lowest BCUT2D eigenvalue weighted by Gasteiger charge is -2.29. The van der Waals surface area contributed by atoms with Crippen molar-refractivity contribution in [2.45, 2.75) is 13.0 Å². The molecule has 7 heteroatoms. The first kappa shape index (κ1) is 18.0. The van der Waals surface area contributed by atoms with Gasteiger partial charge >= 0.3 is 0 Å². The quantitative estimate of drug-likeness (QED) is 0.694. The summed E-state index contributed by atoms with van der Waals surface area (Å²) in [6, 6.07) is 9.36. The molecule has 7 nitrogen and oxygen atoms in total. The number of fused-ring (bicyclic) bond motifs is 2. The second kappa shape index (κ2) is 7.34. The molecule has 0 radical (unpaired) electrons. The van der Waals surface area contributed by atoms with Crippen molar-refractivity contribution in [3.05, 3.63) is 53.3 Å². The Bertz CT molecular complexity index is 1050. The molecule has 0 fully saturated rings. The van der Waals surface area contributed by atoms with Crippen molar-refractivity contribution in [2.24, 2.45) is 0 Å². The van der Waals surface area contributed by atoms with Crippen molar-refractivity contribution in [3.63, 3.8) is 0 Å². The van der Waals surface area contributed by atoms with Gasteiger partial charge in [-0.15, -0.1) is 0 Å². The summed E-state index contributed by atoms with van der Waals surface area (Å²) in [5.74, 6) is 1.18. The van der Waals surface area contributed by atoms with Gasteiger partial charge in [0, 0.05) is 36.8 Å². The van der Waals surface area contributed by atoms with Crippen LogP contribution < -0.4 is 14.2 Å². The fourth-order valence-corrected chi connectivity index (χ4v) is 3.58. The van der Waals surface area contributed by atoms with Crippen LogP contribution in [0.5, 0.6) is 17.2 Å². The van der Waals surface area contributed by atoms with Crippen molar-refractivity contribution in [2.75, 3.05) is 27.9 Å². The molecule has 2 aromatic heterocycles. The van der Waals surface area contributed by atoms with Crippen molar-refractivity contribution < 1.29 is 19.0 Å². The minimum Gasteiger partial charge on any atom is -0.493 e. The fraction of sp³-hybridized carbons (Fsp3) is 0.286. The van der Waals surface area contributed by atoms with Gasteiger partial charge in [-0.2, -0.15) is 0 Å². The third-order valence-corrected chi connectivity index (χ3v) is 4.96. The van der Waals surface area contributed by atoms with E-state index in [0.717, 1.165) is 22.3 Å². The summed E-state index contributed by atoms with van der Waals surface area (Å²) in [5.41, 5.74) is 3.22. The maximum absolute atomic E-state index is 13.2. The lowest BCUT2D eigenvalue weighted by atomic mass is 10.0. The molecule has 3 heterocycles. The molecule has 1 aromatic carbocycles. The Hall–Kier alpha value is -3.35. The van der Waals surface area contributed by atoms with Crippen LogP contribution in [0.4, 0.5) is 0 Å². The average Bonchev–Trinajstić information content (AvgIpc) is 2.75. The number of rotatable bonds is 4. The molecule has 1 amide bonds. The van der Waals surface area contributed by atoms with E-state index in [1.54, 1.807) is 30.3 Å². The second-order valence-corrected chi connectivity index (χ2v) is 6.50. The Morgan fingerprint density at radius 2 is 1.89 bits per heavy atom. The normalized spacial score (nSPS) is 13.2. The summed E-state index contributed by atoms with van der Waals surface area (Å²) in [4.78, 5) is 24.0. The minimum atomic E-state index is -0.116. The molecule has 0 aliphatic carbocycles. The van der Waals surface area contributed by atoms with Gasteiger partial charge in [0.15, 0.2) is 17.1 Å². The van der Waals surface area contributed by atoms with Gasteiger partial charge in [-0.1, -0.05) is 0 Å². The van der Waals surface area contributed by atoms with E-state index in [0.29, 0.717) is 42.3 Å². The third-order valence-electron chi connectivity index (χ3n) is 4.96. The molecule has 0 spiro atoms. The largest absolute Gasteiger partial charge is 0.493 e. The monoisotopic (exact) mass is 379 g/mol. The smallest absolute Gasteiger partial charge is 0.258 e. The lowest BCUT2D eigenvalue weighted by molar-refractivity contribution is 0.0729. The van der Waals surface area contributed by atoms with Crippen LogP contribution in [0.25, 0.3) is 11.0 Å². The van der Waals surface area contributed by atoms with Crippen LogP contribution >= 0.6 is 0 Å². The number of pyridine rings is 2. The van der Waals surface area contributed by atoms with Crippen LogP contribution in [0.15, 0.2) is 36.5 Å².